The molecule has 1 fully saturated rings. The van der Waals surface area contributed by atoms with Gasteiger partial charge in [0, 0.05) is 6.61 Å². The molecule has 7 heteroatoms. The maximum Gasteiger partial charge on any atom is 0.376 e. The van der Waals surface area contributed by atoms with E-state index in [2.05, 4.69) is 14.5 Å². The first-order valence-corrected chi connectivity index (χ1v) is 5.92. The molecule has 0 radical (unpaired) electrons. The first kappa shape index (κ1) is 13.5. The maximum atomic E-state index is 11.6. The summed E-state index contributed by atoms with van der Waals surface area (Å²) in [5.74, 6) is -1.46. The van der Waals surface area contributed by atoms with Crippen LogP contribution in [0.1, 0.15) is 45.7 Å². The summed E-state index contributed by atoms with van der Waals surface area (Å²) < 4.78 is 19.8. The Morgan fingerprint density at radius 3 is 2.58 bits per heavy atom. The van der Waals surface area contributed by atoms with Gasteiger partial charge in [0.15, 0.2) is 0 Å². The first-order chi connectivity index (χ1) is 9.17. The van der Waals surface area contributed by atoms with Gasteiger partial charge in [-0.15, -0.1) is 0 Å². The highest BCUT2D eigenvalue weighted by atomic mass is 16.5. The Morgan fingerprint density at radius 1 is 1.26 bits per heavy atom. The first-order valence-electron chi connectivity index (χ1n) is 5.92. The Hall–Kier alpha value is -1.89. The van der Waals surface area contributed by atoms with Crippen LogP contribution in [0.4, 0.5) is 0 Å². The zero-order chi connectivity index (χ0) is 13.8. The molecule has 0 amide bonds. The van der Waals surface area contributed by atoms with Gasteiger partial charge in [-0.1, -0.05) is 0 Å². The van der Waals surface area contributed by atoms with Gasteiger partial charge < -0.3 is 18.6 Å². The Bertz CT molecular complexity index is 441. The fourth-order valence-corrected chi connectivity index (χ4v) is 1.91. The molecule has 0 bridgehead atoms. The van der Waals surface area contributed by atoms with Crippen LogP contribution in [0.5, 0.6) is 0 Å². The van der Waals surface area contributed by atoms with Gasteiger partial charge in [-0.3, -0.25) is 0 Å². The van der Waals surface area contributed by atoms with E-state index in [1.165, 1.54) is 14.2 Å². The van der Waals surface area contributed by atoms with Crippen LogP contribution in [0.3, 0.4) is 0 Å². The minimum atomic E-state index is -0.754. The molecule has 104 valence electrons. The summed E-state index contributed by atoms with van der Waals surface area (Å²) in [5, 5.41) is 0. The highest BCUT2D eigenvalue weighted by Gasteiger charge is 2.30. The molecule has 0 saturated carbocycles. The van der Waals surface area contributed by atoms with Gasteiger partial charge >= 0.3 is 11.9 Å². The van der Waals surface area contributed by atoms with Crippen molar-refractivity contribution in [3.8, 4) is 0 Å². The Balaban J connectivity index is 2.33. The molecule has 1 aromatic rings. The van der Waals surface area contributed by atoms with Crippen LogP contribution in [-0.2, 0) is 14.2 Å². The second-order valence-corrected chi connectivity index (χ2v) is 4.13. The van der Waals surface area contributed by atoms with Crippen LogP contribution in [0.25, 0.3) is 0 Å². The van der Waals surface area contributed by atoms with Crippen molar-refractivity contribution >= 4 is 11.9 Å². The summed E-state index contributed by atoms with van der Waals surface area (Å²) in [4.78, 5) is 27.2. The standard InChI is InChI=1S/C12H15NO6/c1-16-11(14)8-9(12(15)17-2)19-10(13-8)7-4-3-5-18-6-7/h7H,3-6H2,1-2H3. The molecule has 2 rings (SSSR count). The van der Waals surface area contributed by atoms with Crippen molar-refractivity contribution in [3.05, 3.63) is 17.3 Å². The van der Waals surface area contributed by atoms with Gasteiger partial charge in [0.05, 0.1) is 26.7 Å². The van der Waals surface area contributed by atoms with E-state index >= 15 is 0 Å². The summed E-state index contributed by atoms with van der Waals surface area (Å²) >= 11 is 0. The van der Waals surface area contributed by atoms with E-state index in [9.17, 15) is 9.59 Å². The highest BCUT2D eigenvalue weighted by molar-refractivity contribution is 5.99. The van der Waals surface area contributed by atoms with Crippen molar-refractivity contribution in [3.63, 3.8) is 0 Å². The van der Waals surface area contributed by atoms with Crippen molar-refractivity contribution in [2.24, 2.45) is 0 Å². The number of methoxy groups -OCH3 is 2. The molecular weight excluding hydrogens is 254 g/mol. The average molecular weight is 269 g/mol. The molecule has 1 unspecified atom stereocenters. The normalized spacial score (nSPS) is 18.9. The van der Waals surface area contributed by atoms with Crippen LogP contribution >= 0.6 is 0 Å². The van der Waals surface area contributed by atoms with Crippen molar-refractivity contribution in [1.29, 1.82) is 0 Å². The summed E-state index contributed by atoms with van der Waals surface area (Å²) in [7, 11) is 2.41. The van der Waals surface area contributed by atoms with Crippen LogP contribution in [0, 0.1) is 0 Å². The van der Waals surface area contributed by atoms with Crippen molar-refractivity contribution < 1.29 is 28.2 Å². The van der Waals surface area contributed by atoms with Gasteiger partial charge in [0.25, 0.3) is 0 Å². The maximum absolute atomic E-state index is 11.6. The largest absolute Gasteiger partial charge is 0.464 e. The lowest BCUT2D eigenvalue weighted by Gasteiger charge is -2.18. The fraction of sp³-hybridized carbons (Fsp3) is 0.583. The van der Waals surface area contributed by atoms with E-state index in [1.807, 2.05) is 0 Å². The zero-order valence-corrected chi connectivity index (χ0v) is 10.8. The number of hydrogen-bond donors (Lipinski definition) is 0. The number of carbonyl (C=O) groups excluding carboxylic acids is 2. The molecule has 0 aromatic carbocycles. The molecule has 0 spiro atoms. The lowest BCUT2D eigenvalue weighted by atomic mass is 10.0. The molecule has 19 heavy (non-hydrogen) atoms. The number of hydrogen-bond acceptors (Lipinski definition) is 7. The minimum Gasteiger partial charge on any atom is -0.464 e. The van der Waals surface area contributed by atoms with E-state index in [0.29, 0.717) is 19.1 Å². The van der Waals surface area contributed by atoms with E-state index in [1.54, 1.807) is 0 Å². The zero-order valence-electron chi connectivity index (χ0n) is 10.8. The second kappa shape index (κ2) is 5.83. The molecule has 0 N–H and O–H groups in total. The van der Waals surface area contributed by atoms with Crippen molar-refractivity contribution in [2.45, 2.75) is 18.8 Å². The van der Waals surface area contributed by atoms with Gasteiger partial charge in [0.2, 0.25) is 17.3 Å². The lowest BCUT2D eigenvalue weighted by molar-refractivity contribution is 0.0517. The number of aromatic nitrogens is 1. The quantitative estimate of drug-likeness (QED) is 0.760. The van der Waals surface area contributed by atoms with Gasteiger partial charge in [-0.05, 0) is 12.8 Å². The fourth-order valence-electron chi connectivity index (χ4n) is 1.91. The summed E-state index contributed by atoms with van der Waals surface area (Å²) in [5.41, 5.74) is -0.157. The number of nitrogens with zero attached hydrogens (tertiary/aromatic N) is 1. The van der Waals surface area contributed by atoms with Crippen molar-refractivity contribution in [1.82, 2.24) is 4.98 Å². The molecule has 1 saturated heterocycles. The highest BCUT2D eigenvalue weighted by Crippen LogP contribution is 2.27. The van der Waals surface area contributed by atoms with Crippen LogP contribution in [0.2, 0.25) is 0 Å². The van der Waals surface area contributed by atoms with E-state index < -0.39 is 11.9 Å². The van der Waals surface area contributed by atoms with Crippen LogP contribution in [0.15, 0.2) is 4.42 Å². The van der Waals surface area contributed by atoms with Crippen LogP contribution < -0.4 is 0 Å². The average Bonchev–Trinajstić information content (AvgIpc) is 2.91. The van der Waals surface area contributed by atoms with E-state index in [4.69, 9.17) is 9.15 Å². The molecule has 1 aromatic heterocycles. The summed E-state index contributed by atoms with van der Waals surface area (Å²) in [6.45, 7) is 1.16. The molecule has 1 aliphatic heterocycles. The molecular formula is C12H15NO6. The smallest absolute Gasteiger partial charge is 0.376 e. The third kappa shape index (κ3) is 2.76. The third-order valence-electron chi connectivity index (χ3n) is 2.90. The monoisotopic (exact) mass is 269 g/mol. The SMILES string of the molecule is COC(=O)c1nc(C2CCCOC2)oc1C(=O)OC. The predicted octanol–water partition coefficient (Wildman–Crippen LogP) is 1.14. The molecule has 0 aliphatic carbocycles. The lowest BCUT2D eigenvalue weighted by Crippen LogP contribution is -2.16. The van der Waals surface area contributed by atoms with Crippen molar-refractivity contribution in [2.75, 3.05) is 27.4 Å². The molecule has 1 aliphatic rings. The summed E-state index contributed by atoms with van der Waals surface area (Å²) in [6.07, 6.45) is 1.72. The predicted molar refractivity (Wildman–Crippen MR) is 62.0 cm³/mol. The topological polar surface area (TPSA) is 87.9 Å². The number of carbonyl (C=O) groups is 2. The number of oxazole rings is 1. The molecule has 2 heterocycles. The molecule has 7 nitrogen and oxygen atoms in total. The van der Waals surface area contributed by atoms with E-state index in [-0.39, 0.29) is 17.4 Å². The second-order valence-electron chi connectivity index (χ2n) is 4.13. The van der Waals surface area contributed by atoms with Gasteiger partial charge in [0.1, 0.15) is 0 Å². The van der Waals surface area contributed by atoms with Crippen LogP contribution in [-0.4, -0.2) is 44.4 Å². The number of rotatable bonds is 3. The summed E-state index contributed by atoms with van der Waals surface area (Å²) in [6, 6.07) is 0. The minimum absolute atomic E-state index is 0.0597. The third-order valence-corrected chi connectivity index (χ3v) is 2.90. The van der Waals surface area contributed by atoms with Gasteiger partial charge in [-0.25, -0.2) is 14.6 Å². The van der Waals surface area contributed by atoms with Gasteiger partial charge in [-0.2, -0.15) is 0 Å². The Morgan fingerprint density at radius 2 is 2.00 bits per heavy atom. The number of ether oxygens (including phenoxy) is 3. The Kier molecular flexibility index (Phi) is 4.16. The van der Waals surface area contributed by atoms with E-state index in [0.717, 1.165) is 12.8 Å². The molecule has 1 atom stereocenters. The Labute approximate surface area is 109 Å². The number of esters is 2.